The summed E-state index contributed by atoms with van der Waals surface area (Å²) >= 11 is 1.16. The maximum atomic E-state index is 13.2. The molecule has 1 aromatic heterocycles. The van der Waals surface area contributed by atoms with Crippen LogP contribution in [0.1, 0.15) is 11.1 Å². The van der Waals surface area contributed by atoms with Crippen LogP contribution in [0.4, 0.5) is 8.78 Å². The average molecular weight is 373 g/mol. The number of thioether (sulfide) groups is 1. The molecular weight excluding hydrogens is 356 g/mol. The van der Waals surface area contributed by atoms with Gasteiger partial charge in [-0.25, -0.2) is 13.8 Å². The Labute approximate surface area is 154 Å². The van der Waals surface area contributed by atoms with Crippen molar-refractivity contribution < 1.29 is 13.6 Å². The SMILES string of the molecule is O=C(CSc1ccc(F)c(F)c1)NCc1ccccc1Cn1ccnc1. The van der Waals surface area contributed by atoms with Gasteiger partial charge in [0.05, 0.1) is 12.1 Å². The zero-order valence-electron chi connectivity index (χ0n) is 13.9. The molecule has 1 amide bonds. The molecule has 0 saturated carbocycles. The Kier molecular flexibility index (Phi) is 6.01. The van der Waals surface area contributed by atoms with Crippen molar-refractivity contribution in [3.05, 3.63) is 83.9 Å². The maximum Gasteiger partial charge on any atom is 0.230 e. The van der Waals surface area contributed by atoms with Crippen LogP contribution in [0.15, 0.2) is 66.1 Å². The van der Waals surface area contributed by atoms with Crippen molar-refractivity contribution >= 4 is 17.7 Å². The lowest BCUT2D eigenvalue weighted by atomic mass is 10.1. The van der Waals surface area contributed by atoms with Crippen LogP contribution in [0.2, 0.25) is 0 Å². The Balaban J connectivity index is 1.53. The van der Waals surface area contributed by atoms with Crippen molar-refractivity contribution in [2.75, 3.05) is 5.75 Å². The van der Waals surface area contributed by atoms with Crippen molar-refractivity contribution in [1.82, 2.24) is 14.9 Å². The van der Waals surface area contributed by atoms with E-state index in [0.717, 1.165) is 35.0 Å². The number of carbonyl (C=O) groups excluding carboxylic acids is 1. The summed E-state index contributed by atoms with van der Waals surface area (Å²) in [5.74, 6) is -1.84. The van der Waals surface area contributed by atoms with Crippen LogP contribution in [0, 0.1) is 11.6 Å². The van der Waals surface area contributed by atoms with Gasteiger partial charge < -0.3 is 9.88 Å². The molecule has 0 aliphatic rings. The molecule has 0 bridgehead atoms. The minimum atomic E-state index is -0.913. The molecule has 0 atom stereocenters. The minimum absolute atomic E-state index is 0.134. The molecule has 0 saturated heterocycles. The molecule has 1 N–H and O–H groups in total. The van der Waals surface area contributed by atoms with Gasteiger partial charge in [-0.15, -0.1) is 11.8 Å². The van der Waals surface area contributed by atoms with Crippen LogP contribution in [0.5, 0.6) is 0 Å². The maximum absolute atomic E-state index is 13.2. The summed E-state index contributed by atoms with van der Waals surface area (Å²) in [6.07, 6.45) is 5.35. The molecule has 0 spiro atoms. The van der Waals surface area contributed by atoms with Crippen LogP contribution in [0.25, 0.3) is 0 Å². The highest BCUT2D eigenvalue weighted by Gasteiger charge is 2.08. The van der Waals surface area contributed by atoms with E-state index in [4.69, 9.17) is 0 Å². The van der Waals surface area contributed by atoms with E-state index >= 15 is 0 Å². The Bertz CT molecular complexity index is 884. The standard InChI is InChI=1S/C19H17F2N3OS/c20-17-6-5-16(9-18(17)21)26-12-19(25)23-10-14-3-1-2-4-15(14)11-24-8-7-22-13-24/h1-9,13H,10-12H2,(H,23,25). The summed E-state index contributed by atoms with van der Waals surface area (Å²) < 4.78 is 28.0. The molecule has 0 fully saturated rings. The van der Waals surface area contributed by atoms with Crippen LogP contribution in [-0.2, 0) is 17.9 Å². The number of benzene rings is 2. The third-order valence-electron chi connectivity index (χ3n) is 3.77. The van der Waals surface area contributed by atoms with Crippen LogP contribution in [-0.4, -0.2) is 21.2 Å². The predicted molar refractivity (Wildman–Crippen MR) is 96.7 cm³/mol. The number of hydrogen-bond donors (Lipinski definition) is 1. The molecule has 7 heteroatoms. The molecule has 0 radical (unpaired) electrons. The molecule has 134 valence electrons. The number of imidazole rings is 1. The van der Waals surface area contributed by atoms with Gasteiger partial charge in [-0.3, -0.25) is 4.79 Å². The molecule has 2 aromatic carbocycles. The number of halogens is 2. The van der Waals surface area contributed by atoms with Gasteiger partial charge in [-0.05, 0) is 29.3 Å². The summed E-state index contributed by atoms with van der Waals surface area (Å²) in [6, 6.07) is 11.5. The number of aromatic nitrogens is 2. The number of nitrogens with one attached hydrogen (secondary N) is 1. The predicted octanol–water partition coefficient (Wildman–Crippen LogP) is 3.62. The summed E-state index contributed by atoms with van der Waals surface area (Å²) in [4.78, 5) is 16.6. The number of amides is 1. The lowest BCUT2D eigenvalue weighted by molar-refractivity contribution is -0.118. The number of rotatable bonds is 7. The second kappa shape index (κ2) is 8.62. The van der Waals surface area contributed by atoms with Gasteiger partial charge in [0.1, 0.15) is 0 Å². The molecule has 0 aliphatic heterocycles. The zero-order chi connectivity index (χ0) is 18.4. The van der Waals surface area contributed by atoms with Gasteiger partial charge in [0.15, 0.2) is 11.6 Å². The highest BCUT2D eigenvalue weighted by atomic mass is 32.2. The third-order valence-corrected chi connectivity index (χ3v) is 4.76. The van der Waals surface area contributed by atoms with Gasteiger partial charge in [0.25, 0.3) is 0 Å². The second-order valence-electron chi connectivity index (χ2n) is 5.65. The third kappa shape index (κ3) is 4.92. The van der Waals surface area contributed by atoms with Crippen LogP contribution in [0.3, 0.4) is 0 Å². The Morgan fingerprint density at radius 1 is 1.12 bits per heavy atom. The molecule has 4 nitrogen and oxygen atoms in total. The topological polar surface area (TPSA) is 46.9 Å². The van der Waals surface area contributed by atoms with Crippen molar-refractivity contribution in [3.8, 4) is 0 Å². The van der Waals surface area contributed by atoms with E-state index in [1.165, 1.54) is 6.07 Å². The Morgan fingerprint density at radius 2 is 1.92 bits per heavy atom. The van der Waals surface area contributed by atoms with E-state index in [0.29, 0.717) is 18.0 Å². The first kappa shape index (κ1) is 18.1. The summed E-state index contributed by atoms with van der Waals surface area (Å²) in [5, 5.41) is 2.86. The molecule has 0 aliphatic carbocycles. The quantitative estimate of drug-likeness (QED) is 0.644. The molecule has 3 rings (SSSR count). The van der Waals surface area contributed by atoms with Gasteiger partial charge in [0, 0.05) is 30.4 Å². The highest BCUT2D eigenvalue weighted by molar-refractivity contribution is 8.00. The summed E-state index contributed by atoms with van der Waals surface area (Å²) in [7, 11) is 0. The smallest absolute Gasteiger partial charge is 0.230 e. The number of hydrogen-bond acceptors (Lipinski definition) is 3. The molecular formula is C19H17F2N3OS. The van der Waals surface area contributed by atoms with Crippen molar-refractivity contribution in [2.45, 2.75) is 18.0 Å². The lowest BCUT2D eigenvalue weighted by Gasteiger charge is -2.11. The van der Waals surface area contributed by atoms with E-state index in [1.807, 2.05) is 35.0 Å². The Morgan fingerprint density at radius 3 is 2.65 bits per heavy atom. The fourth-order valence-corrected chi connectivity index (χ4v) is 3.17. The van der Waals surface area contributed by atoms with E-state index in [-0.39, 0.29) is 11.7 Å². The first-order valence-electron chi connectivity index (χ1n) is 7.99. The normalized spacial score (nSPS) is 10.7. The van der Waals surface area contributed by atoms with E-state index in [2.05, 4.69) is 10.3 Å². The number of nitrogens with zero attached hydrogens (tertiary/aromatic N) is 2. The highest BCUT2D eigenvalue weighted by Crippen LogP contribution is 2.20. The molecule has 3 aromatic rings. The van der Waals surface area contributed by atoms with Gasteiger partial charge in [-0.2, -0.15) is 0 Å². The van der Waals surface area contributed by atoms with Crippen LogP contribution < -0.4 is 5.32 Å². The molecule has 0 unspecified atom stereocenters. The zero-order valence-corrected chi connectivity index (χ0v) is 14.7. The Hall–Kier alpha value is -2.67. The summed E-state index contributed by atoms with van der Waals surface area (Å²) in [5.41, 5.74) is 2.12. The van der Waals surface area contributed by atoms with E-state index in [1.54, 1.807) is 12.5 Å². The summed E-state index contributed by atoms with van der Waals surface area (Å²) in [6.45, 7) is 1.08. The van der Waals surface area contributed by atoms with Crippen molar-refractivity contribution in [3.63, 3.8) is 0 Å². The first-order valence-corrected chi connectivity index (χ1v) is 8.97. The van der Waals surface area contributed by atoms with Gasteiger partial charge in [-0.1, -0.05) is 24.3 Å². The second-order valence-corrected chi connectivity index (χ2v) is 6.69. The fraction of sp³-hybridized carbons (Fsp3) is 0.158. The lowest BCUT2D eigenvalue weighted by Crippen LogP contribution is -2.25. The van der Waals surface area contributed by atoms with Gasteiger partial charge >= 0.3 is 0 Å². The first-order chi connectivity index (χ1) is 12.6. The monoisotopic (exact) mass is 373 g/mol. The van der Waals surface area contributed by atoms with Crippen LogP contribution >= 0.6 is 11.8 Å². The number of carbonyl (C=O) groups is 1. The van der Waals surface area contributed by atoms with Crippen molar-refractivity contribution in [2.24, 2.45) is 0 Å². The van der Waals surface area contributed by atoms with E-state index < -0.39 is 11.6 Å². The average Bonchev–Trinajstić information content (AvgIpc) is 3.15. The fourth-order valence-electron chi connectivity index (χ4n) is 2.42. The molecule has 1 heterocycles. The largest absolute Gasteiger partial charge is 0.351 e. The van der Waals surface area contributed by atoms with E-state index in [9.17, 15) is 13.6 Å². The van der Waals surface area contributed by atoms with Gasteiger partial charge in [0.2, 0.25) is 5.91 Å². The van der Waals surface area contributed by atoms with Crippen molar-refractivity contribution in [1.29, 1.82) is 0 Å². The molecule has 26 heavy (non-hydrogen) atoms. The minimum Gasteiger partial charge on any atom is -0.351 e.